The van der Waals surface area contributed by atoms with E-state index in [9.17, 15) is 17.6 Å². The molecule has 0 aliphatic carbocycles. The van der Waals surface area contributed by atoms with Gasteiger partial charge in [-0.3, -0.25) is 0 Å². The van der Waals surface area contributed by atoms with Crippen molar-refractivity contribution >= 4 is 10.8 Å². The Morgan fingerprint density at radius 2 is 1.32 bits per heavy atom. The van der Waals surface area contributed by atoms with Gasteiger partial charge < -0.3 is 4.74 Å². The first kappa shape index (κ1) is 23.1. The zero-order chi connectivity index (χ0) is 24.1. The van der Waals surface area contributed by atoms with Crippen LogP contribution in [0.15, 0.2) is 79.4 Å². The zero-order valence-electron chi connectivity index (χ0n) is 18.2. The maximum Gasteiger partial charge on any atom is 0.159 e. The van der Waals surface area contributed by atoms with Crippen LogP contribution >= 0.6 is 0 Å². The molecule has 0 unspecified atom stereocenters. The van der Waals surface area contributed by atoms with Gasteiger partial charge in [0.2, 0.25) is 0 Å². The van der Waals surface area contributed by atoms with Crippen LogP contribution in [0.2, 0.25) is 0 Å². The summed E-state index contributed by atoms with van der Waals surface area (Å²) < 4.78 is 61.5. The molecule has 4 aromatic carbocycles. The van der Waals surface area contributed by atoms with Crippen molar-refractivity contribution in [2.24, 2.45) is 0 Å². The summed E-state index contributed by atoms with van der Waals surface area (Å²) >= 11 is 0. The van der Waals surface area contributed by atoms with Crippen LogP contribution in [0.1, 0.15) is 22.3 Å². The van der Waals surface area contributed by atoms with Crippen LogP contribution in [0.3, 0.4) is 0 Å². The fourth-order valence-electron chi connectivity index (χ4n) is 3.54. The Morgan fingerprint density at radius 3 is 2.00 bits per heavy atom. The number of halogens is 4. The van der Waals surface area contributed by atoms with Crippen molar-refractivity contribution in [1.29, 1.82) is 0 Å². The molecule has 0 atom stereocenters. The normalized spacial score (nSPS) is 10.6. The van der Waals surface area contributed by atoms with E-state index in [1.54, 1.807) is 24.3 Å². The predicted molar refractivity (Wildman–Crippen MR) is 126 cm³/mol. The third-order valence-corrected chi connectivity index (χ3v) is 5.31. The van der Waals surface area contributed by atoms with Crippen LogP contribution in [0.5, 0.6) is 5.75 Å². The molecule has 0 aromatic heterocycles. The molecule has 0 radical (unpaired) electrons. The molecule has 4 rings (SSSR count). The molecule has 0 fully saturated rings. The smallest absolute Gasteiger partial charge is 0.159 e. The Morgan fingerprint density at radius 1 is 0.676 bits per heavy atom. The third-order valence-electron chi connectivity index (χ3n) is 5.31. The largest absolute Gasteiger partial charge is 0.490 e. The van der Waals surface area contributed by atoms with Crippen LogP contribution in [0.4, 0.5) is 17.6 Å². The first-order valence-electron chi connectivity index (χ1n) is 10.6. The minimum absolute atomic E-state index is 0.335. The second-order valence-electron chi connectivity index (χ2n) is 7.76. The van der Waals surface area contributed by atoms with Gasteiger partial charge >= 0.3 is 0 Å². The summed E-state index contributed by atoms with van der Waals surface area (Å²) in [4.78, 5) is 0. The van der Waals surface area contributed by atoms with Crippen LogP contribution in [0, 0.1) is 35.1 Å². The number of benzene rings is 4. The zero-order valence-corrected chi connectivity index (χ0v) is 18.2. The maximum absolute atomic E-state index is 14.6. The van der Waals surface area contributed by atoms with Gasteiger partial charge in [-0.05, 0) is 83.3 Å². The van der Waals surface area contributed by atoms with Gasteiger partial charge in [0.05, 0.1) is 5.56 Å². The summed E-state index contributed by atoms with van der Waals surface area (Å²) in [5, 5.41) is 0.951. The molecule has 170 valence electrons. The monoisotopic (exact) mass is 460 g/mol. The standard InChI is InChI=1S/C29H20F4O/c1-2-13-34-24-10-6-19(7-11-24)3-4-21-15-26(30)25(27(31)16-21)12-8-20-5-9-22-17-28(32)29(33)18-23(22)14-20/h2,5-7,9-11,14-18H,1,3-4,13H2. The predicted octanol–water partition coefficient (Wildman–Crippen LogP) is 7.15. The molecule has 0 bridgehead atoms. The van der Waals surface area contributed by atoms with Crippen LogP contribution in [-0.4, -0.2) is 6.61 Å². The highest BCUT2D eigenvalue weighted by molar-refractivity contribution is 5.84. The van der Waals surface area contributed by atoms with Crippen molar-refractivity contribution in [2.45, 2.75) is 12.8 Å². The van der Waals surface area contributed by atoms with Crippen LogP contribution < -0.4 is 4.74 Å². The average Bonchev–Trinajstić information content (AvgIpc) is 2.82. The van der Waals surface area contributed by atoms with Gasteiger partial charge in [-0.25, -0.2) is 17.6 Å². The van der Waals surface area contributed by atoms with E-state index < -0.39 is 23.3 Å². The summed E-state index contributed by atoms with van der Waals surface area (Å²) in [7, 11) is 0. The van der Waals surface area contributed by atoms with E-state index in [4.69, 9.17) is 4.74 Å². The van der Waals surface area contributed by atoms with E-state index in [0.29, 0.717) is 41.3 Å². The molecule has 1 nitrogen and oxygen atoms in total. The number of fused-ring (bicyclic) bond motifs is 1. The van der Waals surface area contributed by atoms with Gasteiger partial charge in [-0.15, -0.1) is 0 Å². The maximum atomic E-state index is 14.6. The van der Waals surface area contributed by atoms with E-state index in [-0.39, 0.29) is 5.56 Å². The highest BCUT2D eigenvalue weighted by Crippen LogP contribution is 2.21. The highest BCUT2D eigenvalue weighted by Gasteiger charge is 2.10. The van der Waals surface area contributed by atoms with Gasteiger partial charge in [-0.2, -0.15) is 0 Å². The number of rotatable bonds is 6. The van der Waals surface area contributed by atoms with E-state index in [1.165, 1.54) is 12.1 Å². The first-order chi connectivity index (χ1) is 16.4. The summed E-state index contributed by atoms with van der Waals surface area (Å²) in [5.74, 6) is 2.55. The van der Waals surface area contributed by atoms with Crippen LogP contribution in [-0.2, 0) is 12.8 Å². The van der Waals surface area contributed by atoms with Crippen LogP contribution in [0.25, 0.3) is 10.8 Å². The molecule has 0 heterocycles. The summed E-state index contributed by atoms with van der Waals surface area (Å²) in [6.07, 6.45) is 2.73. The Bertz CT molecular complexity index is 1390. The minimum Gasteiger partial charge on any atom is -0.490 e. The first-order valence-corrected chi connectivity index (χ1v) is 10.6. The number of aryl methyl sites for hydroxylation is 2. The van der Waals surface area contributed by atoms with E-state index in [0.717, 1.165) is 23.4 Å². The van der Waals surface area contributed by atoms with Gasteiger partial charge in [0.1, 0.15) is 24.0 Å². The molecule has 0 amide bonds. The Kier molecular flexibility index (Phi) is 6.98. The number of hydrogen-bond donors (Lipinski definition) is 0. The molecule has 5 heteroatoms. The quantitative estimate of drug-likeness (QED) is 0.169. The van der Waals surface area contributed by atoms with Crippen molar-refractivity contribution in [1.82, 2.24) is 0 Å². The summed E-state index contributed by atoms with van der Waals surface area (Å²) in [6, 6.07) is 16.9. The van der Waals surface area contributed by atoms with E-state index in [2.05, 4.69) is 18.4 Å². The lowest BCUT2D eigenvalue weighted by molar-refractivity contribution is 0.363. The SMILES string of the molecule is C=CCOc1ccc(CCc2cc(F)c(C#Cc3ccc4cc(F)c(F)cc4c3)c(F)c2)cc1. The molecule has 34 heavy (non-hydrogen) atoms. The Labute approximate surface area is 195 Å². The average molecular weight is 460 g/mol. The number of ether oxygens (including phenoxy) is 1. The lowest BCUT2D eigenvalue weighted by atomic mass is 10.0. The second kappa shape index (κ2) is 10.3. The molecular formula is C29H20F4O. The highest BCUT2D eigenvalue weighted by atomic mass is 19.2. The molecule has 0 aliphatic rings. The van der Waals surface area contributed by atoms with Crippen molar-refractivity contribution in [3.05, 3.63) is 125 Å². The molecule has 0 spiro atoms. The summed E-state index contributed by atoms with van der Waals surface area (Å²) in [6.45, 7) is 4.02. The van der Waals surface area contributed by atoms with Crippen molar-refractivity contribution in [3.8, 4) is 17.6 Å². The molecule has 0 aliphatic heterocycles. The topological polar surface area (TPSA) is 9.23 Å². The van der Waals surface area contributed by atoms with Crippen molar-refractivity contribution in [3.63, 3.8) is 0 Å². The van der Waals surface area contributed by atoms with E-state index >= 15 is 0 Å². The van der Waals surface area contributed by atoms with Gasteiger partial charge in [0.15, 0.2) is 11.6 Å². The van der Waals surface area contributed by atoms with Gasteiger partial charge in [-0.1, -0.05) is 42.7 Å². The second-order valence-corrected chi connectivity index (χ2v) is 7.76. The van der Waals surface area contributed by atoms with Gasteiger partial charge in [0, 0.05) is 5.56 Å². The Hall–Kier alpha value is -4.04. The summed E-state index contributed by atoms with van der Waals surface area (Å²) in [5.41, 5.74) is 1.64. The lowest BCUT2D eigenvalue weighted by Gasteiger charge is -2.07. The van der Waals surface area contributed by atoms with Crippen molar-refractivity contribution in [2.75, 3.05) is 6.61 Å². The lowest BCUT2D eigenvalue weighted by Crippen LogP contribution is -1.98. The minimum atomic E-state index is -0.970. The molecular weight excluding hydrogens is 440 g/mol. The molecule has 0 saturated carbocycles. The number of hydrogen-bond acceptors (Lipinski definition) is 1. The van der Waals surface area contributed by atoms with Crippen molar-refractivity contribution < 1.29 is 22.3 Å². The molecule has 4 aromatic rings. The molecule has 0 saturated heterocycles. The van der Waals surface area contributed by atoms with Gasteiger partial charge in [0.25, 0.3) is 0 Å². The fourth-order valence-corrected chi connectivity index (χ4v) is 3.54. The molecule has 0 N–H and O–H groups in total. The third kappa shape index (κ3) is 5.47. The van der Waals surface area contributed by atoms with E-state index in [1.807, 2.05) is 24.3 Å². The Balaban J connectivity index is 1.48. The fraction of sp³-hybridized carbons (Fsp3) is 0.103.